The fraction of sp³-hybridized carbons (Fsp3) is 0.0952. The van der Waals surface area contributed by atoms with E-state index in [9.17, 15) is 13.2 Å². The van der Waals surface area contributed by atoms with Crippen molar-refractivity contribution >= 4 is 39.1 Å². The number of anilines is 2. The first-order chi connectivity index (χ1) is 13.4. The van der Waals surface area contributed by atoms with Gasteiger partial charge in [0.15, 0.2) is 0 Å². The van der Waals surface area contributed by atoms with Gasteiger partial charge in [0.05, 0.1) is 16.3 Å². The fourth-order valence-corrected chi connectivity index (χ4v) is 5.27. The number of benzene rings is 3. The van der Waals surface area contributed by atoms with Gasteiger partial charge < -0.3 is 5.32 Å². The minimum Gasteiger partial charge on any atom is -0.321 e. The van der Waals surface area contributed by atoms with E-state index >= 15 is 0 Å². The van der Waals surface area contributed by atoms with Crippen LogP contribution in [0.1, 0.15) is 10.4 Å². The predicted molar refractivity (Wildman–Crippen MR) is 114 cm³/mol. The van der Waals surface area contributed by atoms with E-state index in [1.54, 1.807) is 54.2 Å². The summed E-state index contributed by atoms with van der Waals surface area (Å²) in [7, 11) is -2.07. The quantitative estimate of drug-likeness (QED) is 0.647. The highest BCUT2D eigenvalue weighted by atomic mass is 32.2. The van der Waals surface area contributed by atoms with Crippen LogP contribution in [0.4, 0.5) is 11.4 Å². The first kappa shape index (κ1) is 18.6. The van der Waals surface area contributed by atoms with Gasteiger partial charge in [0.25, 0.3) is 15.9 Å². The molecule has 0 bridgehead atoms. The molecule has 1 aliphatic rings. The minimum absolute atomic E-state index is 0.238. The zero-order valence-electron chi connectivity index (χ0n) is 15.3. The van der Waals surface area contributed by atoms with Crippen molar-refractivity contribution in [3.8, 4) is 11.1 Å². The molecule has 4 rings (SSSR count). The largest absolute Gasteiger partial charge is 0.321 e. The molecule has 0 radical (unpaired) electrons. The third-order valence-electron chi connectivity index (χ3n) is 4.77. The van der Waals surface area contributed by atoms with Gasteiger partial charge in [-0.3, -0.25) is 9.10 Å². The Bertz CT molecular complexity index is 1190. The molecule has 7 heteroatoms. The molecule has 3 aromatic carbocycles. The highest BCUT2D eigenvalue weighted by Gasteiger charge is 2.32. The summed E-state index contributed by atoms with van der Waals surface area (Å²) >= 11 is 1.56. The third-order valence-corrected chi connectivity index (χ3v) is 7.39. The van der Waals surface area contributed by atoms with Crippen LogP contribution in [0.5, 0.6) is 0 Å². The van der Waals surface area contributed by atoms with Gasteiger partial charge in [0.2, 0.25) is 0 Å². The summed E-state index contributed by atoms with van der Waals surface area (Å²) in [4.78, 5) is 14.1. The maximum absolute atomic E-state index is 12.8. The number of nitrogens with zero attached hydrogens (tertiary/aromatic N) is 1. The maximum atomic E-state index is 12.8. The lowest BCUT2D eigenvalue weighted by molar-refractivity contribution is 0.102. The molecule has 1 N–H and O–H groups in total. The molecule has 142 valence electrons. The second-order valence-electron chi connectivity index (χ2n) is 6.36. The van der Waals surface area contributed by atoms with Crippen LogP contribution in [-0.2, 0) is 10.0 Å². The highest BCUT2D eigenvalue weighted by Crippen LogP contribution is 2.42. The Kier molecular flexibility index (Phi) is 4.64. The van der Waals surface area contributed by atoms with Crippen LogP contribution in [0.3, 0.4) is 0 Å². The van der Waals surface area contributed by atoms with Crippen LogP contribution >= 0.6 is 11.8 Å². The zero-order chi connectivity index (χ0) is 19.9. The van der Waals surface area contributed by atoms with E-state index in [4.69, 9.17) is 0 Å². The summed E-state index contributed by atoms with van der Waals surface area (Å²) < 4.78 is 26.7. The standard InChI is InChI=1S/C21H18N2O3S2/c1-23-18-12-11-14(21(24)22-17-8-4-5-9-19(17)27-2)13-16(18)15-7-3-6-10-20(15)28(23,25)26/h3-13H,1-2H3,(H,22,24). The highest BCUT2D eigenvalue weighted by molar-refractivity contribution is 7.98. The van der Waals surface area contributed by atoms with Gasteiger partial charge in [-0.05, 0) is 42.7 Å². The molecule has 28 heavy (non-hydrogen) atoms. The van der Waals surface area contributed by atoms with Gasteiger partial charge in [-0.25, -0.2) is 8.42 Å². The summed E-state index contributed by atoms with van der Waals surface area (Å²) in [5.74, 6) is -0.238. The third kappa shape index (κ3) is 2.96. The van der Waals surface area contributed by atoms with Crippen molar-refractivity contribution in [1.82, 2.24) is 0 Å². The van der Waals surface area contributed by atoms with Crippen molar-refractivity contribution in [2.75, 3.05) is 22.9 Å². The Morgan fingerprint density at radius 1 is 0.964 bits per heavy atom. The van der Waals surface area contributed by atoms with E-state index in [1.807, 2.05) is 30.5 Å². The van der Waals surface area contributed by atoms with E-state index in [0.29, 0.717) is 16.8 Å². The molecule has 1 heterocycles. The second kappa shape index (κ2) is 7.00. The summed E-state index contributed by atoms with van der Waals surface area (Å²) in [5.41, 5.74) is 3.10. The Morgan fingerprint density at radius 2 is 1.68 bits per heavy atom. The lowest BCUT2D eigenvalue weighted by atomic mass is 10.00. The number of hydrogen-bond acceptors (Lipinski definition) is 4. The normalized spacial score (nSPS) is 14.1. The topological polar surface area (TPSA) is 66.5 Å². The Hall–Kier alpha value is -2.77. The molecule has 0 aromatic heterocycles. The molecule has 0 spiro atoms. The number of carbonyl (C=O) groups is 1. The summed E-state index contributed by atoms with van der Waals surface area (Å²) in [6.07, 6.45) is 1.96. The molecule has 0 unspecified atom stereocenters. The number of nitrogens with one attached hydrogen (secondary N) is 1. The van der Waals surface area contributed by atoms with Crippen molar-refractivity contribution in [3.63, 3.8) is 0 Å². The monoisotopic (exact) mass is 410 g/mol. The number of sulfonamides is 1. The van der Waals surface area contributed by atoms with Crippen LogP contribution in [-0.4, -0.2) is 27.6 Å². The maximum Gasteiger partial charge on any atom is 0.264 e. The lowest BCUT2D eigenvalue weighted by Gasteiger charge is -2.29. The van der Waals surface area contributed by atoms with Crippen LogP contribution < -0.4 is 9.62 Å². The minimum atomic E-state index is -3.59. The Labute approximate surface area is 168 Å². The molecule has 0 saturated carbocycles. The van der Waals surface area contributed by atoms with Crippen LogP contribution in [0, 0.1) is 0 Å². The van der Waals surface area contributed by atoms with Gasteiger partial charge in [0, 0.05) is 28.6 Å². The summed E-state index contributed by atoms with van der Waals surface area (Å²) in [6.45, 7) is 0. The van der Waals surface area contributed by atoms with E-state index in [0.717, 1.165) is 16.1 Å². The number of carbonyl (C=O) groups excluding carboxylic acids is 1. The van der Waals surface area contributed by atoms with Crippen molar-refractivity contribution in [2.24, 2.45) is 0 Å². The lowest BCUT2D eigenvalue weighted by Crippen LogP contribution is -2.30. The number of para-hydroxylation sites is 1. The Morgan fingerprint density at radius 3 is 2.46 bits per heavy atom. The summed E-state index contributed by atoms with van der Waals surface area (Å²) in [5, 5.41) is 2.94. The number of rotatable bonds is 3. The molecule has 5 nitrogen and oxygen atoms in total. The first-order valence-electron chi connectivity index (χ1n) is 8.60. The van der Waals surface area contributed by atoms with E-state index < -0.39 is 10.0 Å². The molecule has 1 amide bonds. The molecule has 1 aliphatic heterocycles. The average Bonchev–Trinajstić information content (AvgIpc) is 2.72. The second-order valence-corrected chi connectivity index (χ2v) is 9.14. The number of hydrogen-bond donors (Lipinski definition) is 1. The molecular formula is C21H18N2O3S2. The van der Waals surface area contributed by atoms with Crippen molar-refractivity contribution in [2.45, 2.75) is 9.79 Å². The van der Waals surface area contributed by atoms with Gasteiger partial charge >= 0.3 is 0 Å². The zero-order valence-corrected chi connectivity index (χ0v) is 17.0. The Balaban J connectivity index is 1.77. The average molecular weight is 411 g/mol. The predicted octanol–water partition coefficient (Wildman–Crippen LogP) is 4.47. The number of fused-ring (bicyclic) bond motifs is 3. The van der Waals surface area contributed by atoms with Crippen LogP contribution in [0.25, 0.3) is 11.1 Å². The first-order valence-corrected chi connectivity index (χ1v) is 11.3. The fourth-order valence-electron chi connectivity index (χ4n) is 3.30. The molecule has 3 aromatic rings. The van der Waals surface area contributed by atoms with E-state index in [2.05, 4.69) is 5.32 Å². The van der Waals surface area contributed by atoms with Crippen LogP contribution in [0.15, 0.2) is 76.5 Å². The SMILES string of the molecule is CSc1ccccc1NC(=O)c1ccc2c(c1)-c1ccccc1S(=O)(=O)N2C. The molecular weight excluding hydrogens is 392 g/mol. The van der Waals surface area contributed by atoms with E-state index in [-0.39, 0.29) is 10.8 Å². The van der Waals surface area contributed by atoms with E-state index in [1.165, 1.54) is 11.4 Å². The molecule has 0 atom stereocenters. The van der Waals surface area contributed by atoms with Crippen molar-refractivity contribution in [1.29, 1.82) is 0 Å². The molecule has 0 fully saturated rings. The van der Waals surface area contributed by atoms with Crippen molar-refractivity contribution in [3.05, 3.63) is 72.3 Å². The summed E-state index contributed by atoms with van der Waals surface area (Å²) in [6, 6.07) is 19.5. The van der Waals surface area contributed by atoms with Gasteiger partial charge in [-0.1, -0.05) is 30.3 Å². The van der Waals surface area contributed by atoms with Gasteiger partial charge in [-0.15, -0.1) is 11.8 Å². The van der Waals surface area contributed by atoms with Gasteiger partial charge in [-0.2, -0.15) is 0 Å². The van der Waals surface area contributed by atoms with Crippen molar-refractivity contribution < 1.29 is 13.2 Å². The molecule has 0 saturated heterocycles. The van der Waals surface area contributed by atoms with Gasteiger partial charge in [0.1, 0.15) is 0 Å². The van der Waals surface area contributed by atoms with Crippen LogP contribution in [0.2, 0.25) is 0 Å². The smallest absolute Gasteiger partial charge is 0.264 e. The number of thioether (sulfide) groups is 1. The number of amides is 1. The molecule has 0 aliphatic carbocycles.